The summed E-state index contributed by atoms with van der Waals surface area (Å²) in [6.45, 7) is 0. The van der Waals surface area contributed by atoms with Crippen LogP contribution in [-0.4, -0.2) is 20.7 Å². The van der Waals surface area contributed by atoms with E-state index in [2.05, 4.69) is 0 Å². The summed E-state index contributed by atoms with van der Waals surface area (Å²) in [7, 11) is -1.33. The lowest BCUT2D eigenvalue weighted by molar-refractivity contribution is 0.135. The fourth-order valence-corrected chi connectivity index (χ4v) is 2.19. The van der Waals surface area contributed by atoms with Crippen LogP contribution in [0.3, 0.4) is 0 Å². The van der Waals surface area contributed by atoms with Gasteiger partial charge < -0.3 is 5.11 Å². The molecule has 0 aromatic rings. The maximum absolute atomic E-state index is 10.7. The molecule has 3 atom stereocenters. The molecule has 4 heteroatoms. The first-order valence-corrected chi connectivity index (χ1v) is 4.82. The second kappa shape index (κ2) is 3.46. The first kappa shape index (κ1) is 8.17. The van der Waals surface area contributed by atoms with Crippen LogP contribution in [-0.2, 0) is 11.0 Å². The second-order valence-corrected chi connectivity index (χ2v) is 3.98. The molecule has 0 heterocycles. The van der Waals surface area contributed by atoms with Crippen molar-refractivity contribution in [2.24, 2.45) is 5.14 Å². The van der Waals surface area contributed by atoms with E-state index in [1.807, 2.05) is 0 Å². The van der Waals surface area contributed by atoms with Crippen LogP contribution in [0.2, 0.25) is 0 Å². The second-order valence-electron chi connectivity index (χ2n) is 2.72. The Labute approximate surface area is 63.2 Å². The van der Waals surface area contributed by atoms with Crippen molar-refractivity contribution in [3.63, 3.8) is 0 Å². The largest absolute Gasteiger partial charge is 0.392 e. The van der Waals surface area contributed by atoms with Crippen molar-refractivity contribution in [1.82, 2.24) is 0 Å². The van der Waals surface area contributed by atoms with Gasteiger partial charge in [-0.15, -0.1) is 0 Å². The predicted molar refractivity (Wildman–Crippen MR) is 40.6 cm³/mol. The lowest BCUT2D eigenvalue weighted by Gasteiger charge is -2.24. The Morgan fingerprint density at radius 2 is 2.00 bits per heavy atom. The molecule has 1 aliphatic carbocycles. The minimum Gasteiger partial charge on any atom is -0.392 e. The summed E-state index contributed by atoms with van der Waals surface area (Å²) in [5.41, 5.74) is 0. The number of hydrogen-bond acceptors (Lipinski definition) is 2. The molecule has 0 saturated heterocycles. The Morgan fingerprint density at radius 1 is 1.40 bits per heavy atom. The average Bonchev–Trinajstić information content (AvgIpc) is 1.88. The summed E-state index contributed by atoms with van der Waals surface area (Å²) in [5, 5.41) is 14.3. The Hall–Kier alpha value is 0.0700. The van der Waals surface area contributed by atoms with Crippen molar-refractivity contribution in [3.05, 3.63) is 0 Å². The number of rotatable bonds is 1. The van der Waals surface area contributed by atoms with Gasteiger partial charge in [0.15, 0.2) is 0 Å². The molecular weight excluding hydrogens is 150 g/mol. The first-order chi connectivity index (χ1) is 4.72. The number of aliphatic hydroxyl groups is 1. The van der Waals surface area contributed by atoms with Gasteiger partial charge in [-0.3, -0.25) is 5.14 Å². The van der Waals surface area contributed by atoms with Crippen molar-refractivity contribution < 1.29 is 9.32 Å². The summed E-state index contributed by atoms with van der Waals surface area (Å²) in [6, 6.07) is 0. The van der Waals surface area contributed by atoms with Crippen LogP contribution < -0.4 is 5.14 Å². The Kier molecular flexibility index (Phi) is 2.82. The third kappa shape index (κ3) is 1.78. The van der Waals surface area contributed by atoms with E-state index in [9.17, 15) is 9.32 Å². The summed E-state index contributed by atoms with van der Waals surface area (Å²) >= 11 is 0. The van der Waals surface area contributed by atoms with Gasteiger partial charge >= 0.3 is 0 Å². The highest BCUT2D eigenvalue weighted by molar-refractivity contribution is 7.83. The number of nitrogens with two attached hydrogens (primary N) is 1. The van der Waals surface area contributed by atoms with Gasteiger partial charge in [0.05, 0.1) is 22.3 Å². The predicted octanol–water partition coefficient (Wildman–Crippen LogP) is -0.0877. The molecule has 0 bridgehead atoms. The normalized spacial score (nSPS) is 37.4. The lowest BCUT2D eigenvalue weighted by Crippen LogP contribution is -2.36. The molecule has 1 fully saturated rings. The van der Waals surface area contributed by atoms with E-state index in [1.54, 1.807) is 0 Å². The minimum absolute atomic E-state index is 0.172. The summed E-state index contributed by atoms with van der Waals surface area (Å²) in [6.07, 6.45) is 3.22. The molecule has 1 aliphatic rings. The summed E-state index contributed by atoms with van der Waals surface area (Å²) in [5.74, 6) is 0. The third-order valence-electron chi connectivity index (χ3n) is 1.97. The van der Waals surface area contributed by atoms with Crippen LogP contribution in [0.25, 0.3) is 0 Å². The van der Waals surface area contributed by atoms with E-state index in [-0.39, 0.29) is 5.25 Å². The molecule has 1 rings (SSSR count). The van der Waals surface area contributed by atoms with E-state index in [0.717, 1.165) is 25.7 Å². The van der Waals surface area contributed by atoms with Crippen LogP contribution in [0.4, 0.5) is 0 Å². The van der Waals surface area contributed by atoms with E-state index in [0.29, 0.717) is 0 Å². The molecule has 0 aromatic heterocycles. The molecule has 0 aliphatic heterocycles. The minimum atomic E-state index is -1.33. The van der Waals surface area contributed by atoms with Gasteiger partial charge in [-0.1, -0.05) is 12.8 Å². The van der Waals surface area contributed by atoms with Gasteiger partial charge in [0, 0.05) is 0 Å². The highest BCUT2D eigenvalue weighted by Crippen LogP contribution is 2.20. The standard InChI is InChI=1S/C6H13NO2S/c7-10(9)6-4-2-1-3-5(6)8/h5-6,8H,1-4,7H2. The number of aliphatic hydroxyl groups excluding tert-OH is 1. The molecule has 10 heavy (non-hydrogen) atoms. The fraction of sp³-hybridized carbons (Fsp3) is 1.00. The van der Waals surface area contributed by atoms with Gasteiger partial charge in [0.2, 0.25) is 0 Å². The molecule has 3 unspecified atom stereocenters. The van der Waals surface area contributed by atoms with Gasteiger partial charge in [0.25, 0.3) is 0 Å². The zero-order valence-electron chi connectivity index (χ0n) is 5.82. The quantitative estimate of drug-likeness (QED) is 0.567. The molecule has 0 spiro atoms. The molecule has 60 valence electrons. The maximum atomic E-state index is 10.7. The molecule has 1 saturated carbocycles. The average molecular weight is 163 g/mol. The summed E-state index contributed by atoms with van der Waals surface area (Å²) in [4.78, 5) is 0. The molecule has 3 nitrogen and oxygen atoms in total. The van der Waals surface area contributed by atoms with Crippen molar-refractivity contribution in [2.45, 2.75) is 37.0 Å². The SMILES string of the molecule is NS(=O)C1CCCCC1O. The van der Waals surface area contributed by atoms with Crippen LogP contribution in [0.15, 0.2) is 0 Å². The third-order valence-corrected chi connectivity index (χ3v) is 3.11. The lowest BCUT2D eigenvalue weighted by atomic mass is 9.97. The van der Waals surface area contributed by atoms with Gasteiger partial charge in [-0.2, -0.15) is 0 Å². The Bertz CT molecular complexity index is 140. The molecule has 0 radical (unpaired) electrons. The van der Waals surface area contributed by atoms with Gasteiger partial charge in [0.1, 0.15) is 0 Å². The van der Waals surface area contributed by atoms with Gasteiger partial charge in [-0.25, -0.2) is 4.21 Å². The molecule has 0 aromatic carbocycles. The fourth-order valence-electron chi connectivity index (χ4n) is 1.35. The van der Waals surface area contributed by atoms with E-state index >= 15 is 0 Å². The smallest absolute Gasteiger partial charge is 0.0946 e. The Balaban J connectivity index is 2.47. The van der Waals surface area contributed by atoms with Crippen molar-refractivity contribution in [1.29, 1.82) is 0 Å². The highest BCUT2D eigenvalue weighted by Gasteiger charge is 2.26. The van der Waals surface area contributed by atoms with Crippen LogP contribution in [0.1, 0.15) is 25.7 Å². The monoisotopic (exact) mass is 163 g/mol. The van der Waals surface area contributed by atoms with E-state index in [4.69, 9.17) is 5.14 Å². The van der Waals surface area contributed by atoms with Crippen molar-refractivity contribution in [2.75, 3.05) is 0 Å². The van der Waals surface area contributed by atoms with Crippen molar-refractivity contribution in [3.8, 4) is 0 Å². The zero-order valence-corrected chi connectivity index (χ0v) is 6.64. The molecule has 3 N–H and O–H groups in total. The highest BCUT2D eigenvalue weighted by atomic mass is 32.2. The molecule has 0 amide bonds. The maximum Gasteiger partial charge on any atom is 0.0946 e. The topological polar surface area (TPSA) is 63.3 Å². The van der Waals surface area contributed by atoms with Crippen LogP contribution in [0, 0.1) is 0 Å². The van der Waals surface area contributed by atoms with Crippen LogP contribution >= 0.6 is 0 Å². The van der Waals surface area contributed by atoms with E-state index < -0.39 is 17.1 Å². The zero-order chi connectivity index (χ0) is 7.56. The molecular formula is C6H13NO2S. The Morgan fingerprint density at radius 3 is 2.40 bits per heavy atom. The van der Waals surface area contributed by atoms with E-state index in [1.165, 1.54) is 0 Å². The van der Waals surface area contributed by atoms with Crippen molar-refractivity contribution >= 4 is 11.0 Å². The first-order valence-electron chi connectivity index (χ1n) is 3.55. The number of hydrogen-bond donors (Lipinski definition) is 2. The summed E-state index contributed by atoms with van der Waals surface area (Å²) < 4.78 is 10.7. The van der Waals surface area contributed by atoms with Gasteiger partial charge in [-0.05, 0) is 12.8 Å². The van der Waals surface area contributed by atoms with Crippen LogP contribution in [0.5, 0.6) is 0 Å².